The number of ether oxygens (including phenoxy) is 1. The molecule has 1 fully saturated rings. The minimum atomic E-state index is 0.0746. The van der Waals surface area contributed by atoms with Crippen LogP contribution in [0.2, 0.25) is 0 Å². The maximum atomic E-state index is 12.2. The molecule has 0 aromatic heterocycles. The smallest absolute Gasteiger partial charge is 0.236 e. The third-order valence-corrected chi connectivity index (χ3v) is 3.70. The Bertz CT molecular complexity index is 419. The van der Waals surface area contributed by atoms with Crippen LogP contribution in [0.5, 0.6) is 0 Å². The van der Waals surface area contributed by atoms with Gasteiger partial charge < -0.3 is 14.7 Å². The monoisotopic (exact) mass is 292 g/mol. The number of aliphatic hydroxyl groups is 1. The number of morpholine rings is 1. The maximum absolute atomic E-state index is 12.2. The normalized spacial score (nSPS) is 15.4. The number of rotatable bonds is 7. The summed E-state index contributed by atoms with van der Waals surface area (Å²) in [5, 5.41) is 9.17. The van der Waals surface area contributed by atoms with E-state index in [-0.39, 0.29) is 12.5 Å². The molecule has 1 aliphatic rings. The van der Waals surface area contributed by atoms with Gasteiger partial charge >= 0.3 is 0 Å². The average molecular weight is 292 g/mol. The number of carbonyl (C=O) groups is 1. The molecule has 0 aliphatic carbocycles. The van der Waals surface area contributed by atoms with Crippen molar-refractivity contribution in [2.24, 2.45) is 0 Å². The Morgan fingerprint density at radius 3 is 2.57 bits per heavy atom. The molecule has 1 heterocycles. The van der Waals surface area contributed by atoms with Crippen molar-refractivity contribution in [2.75, 3.05) is 52.5 Å². The van der Waals surface area contributed by atoms with E-state index in [0.717, 1.165) is 13.0 Å². The molecule has 1 aromatic rings. The highest BCUT2D eigenvalue weighted by molar-refractivity contribution is 5.78. The van der Waals surface area contributed by atoms with E-state index in [9.17, 15) is 9.90 Å². The fraction of sp³-hybridized carbons (Fsp3) is 0.562. The number of amides is 1. The second kappa shape index (κ2) is 8.77. The molecule has 0 spiro atoms. The molecule has 1 aromatic carbocycles. The summed E-state index contributed by atoms with van der Waals surface area (Å²) >= 11 is 0. The Morgan fingerprint density at radius 2 is 1.90 bits per heavy atom. The first-order chi connectivity index (χ1) is 10.3. The van der Waals surface area contributed by atoms with Crippen molar-refractivity contribution in [1.29, 1.82) is 0 Å². The molecule has 0 bridgehead atoms. The first-order valence-corrected chi connectivity index (χ1v) is 7.52. The molecule has 116 valence electrons. The van der Waals surface area contributed by atoms with Gasteiger partial charge in [-0.15, -0.1) is 0 Å². The van der Waals surface area contributed by atoms with Crippen LogP contribution in [0, 0.1) is 0 Å². The van der Waals surface area contributed by atoms with Gasteiger partial charge in [-0.2, -0.15) is 0 Å². The van der Waals surface area contributed by atoms with E-state index in [1.54, 1.807) is 0 Å². The lowest BCUT2D eigenvalue weighted by Crippen LogP contribution is -2.46. The van der Waals surface area contributed by atoms with E-state index in [2.05, 4.69) is 12.1 Å². The predicted octanol–water partition coefficient (Wildman–Crippen LogP) is 0.382. The van der Waals surface area contributed by atoms with Gasteiger partial charge in [-0.3, -0.25) is 9.69 Å². The summed E-state index contributed by atoms with van der Waals surface area (Å²) in [6.07, 6.45) is 0.886. The van der Waals surface area contributed by atoms with Gasteiger partial charge in [-0.25, -0.2) is 0 Å². The molecule has 1 saturated heterocycles. The Labute approximate surface area is 126 Å². The quantitative estimate of drug-likeness (QED) is 0.789. The molecular weight excluding hydrogens is 268 g/mol. The molecular formula is C16H24N2O3. The summed E-state index contributed by atoms with van der Waals surface area (Å²) < 4.78 is 5.26. The molecule has 2 rings (SSSR count). The standard InChI is InChI=1S/C16H24N2O3/c19-11-8-17(7-6-15-4-2-1-3-5-15)14-16(20)18-9-12-21-13-10-18/h1-5,19H,6-14H2. The van der Waals surface area contributed by atoms with Crippen molar-refractivity contribution >= 4 is 5.91 Å². The van der Waals surface area contributed by atoms with Crippen LogP contribution >= 0.6 is 0 Å². The Kier molecular flexibility index (Phi) is 6.66. The van der Waals surface area contributed by atoms with Gasteiger partial charge in [-0.05, 0) is 12.0 Å². The van der Waals surface area contributed by atoms with E-state index in [1.165, 1.54) is 5.56 Å². The summed E-state index contributed by atoms with van der Waals surface area (Å²) in [4.78, 5) is 16.1. The summed E-state index contributed by atoms with van der Waals surface area (Å²) in [5.41, 5.74) is 1.25. The summed E-state index contributed by atoms with van der Waals surface area (Å²) in [5.74, 6) is 0.125. The van der Waals surface area contributed by atoms with Gasteiger partial charge in [0.2, 0.25) is 5.91 Å². The van der Waals surface area contributed by atoms with E-state index in [0.29, 0.717) is 39.4 Å². The van der Waals surface area contributed by atoms with Crippen molar-refractivity contribution < 1.29 is 14.6 Å². The zero-order valence-electron chi connectivity index (χ0n) is 12.4. The van der Waals surface area contributed by atoms with Crippen molar-refractivity contribution in [3.63, 3.8) is 0 Å². The van der Waals surface area contributed by atoms with Crippen molar-refractivity contribution in [3.8, 4) is 0 Å². The van der Waals surface area contributed by atoms with Crippen LogP contribution in [0.15, 0.2) is 30.3 Å². The zero-order valence-corrected chi connectivity index (χ0v) is 12.4. The van der Waals surface area contributed by atoms with Crippen LogP contribution in [-0.2, 0) is 16.0 Å². The van der Waals surface area contributed by atoms with Crippen LogP contribution in [0.3, 0.4) is 0 Å². The highest BCUT2D eigenvalue weighted by Gasteiger charge is 2.19. The van der Waals surface area contributed by atoms with E-state index in [4.69, 9.17) is 4.74 Å². The second-order valence-corrected chi connectivity index (χ2v) is 5.23. The lowest BCUT2D eigenvalue weighted by molar-refractivity contribution is -0.136. The predicted molar refractivity (Wildman–Crippen MR) is 81.1 cm³/mol. The van der Waals surface area contributed by atoms with Gasteiger partial charge in [0.05, 0.1) is 26.4 Å². The summed E-state index contributed by atoms with van der Waals surface area (Å²) in [6, 6.07) is 10.2. The third-order valence-electron chi connectivity index (χ3n) is 3.70. The first kappa shape index (κ1) is 15.9. The van der Waals surface area contributed by atoms with Crippen LogP contribution in [0.4, 0.5) is 0 Å². The molecule has 0 saturated carbocycles. The zero-order chi connectivity index (χ0) is 14.9. The molecule has 0 atom stereocenters. The maximum Gasteiger partial charge on any atom is 0.236 e. The van der Waals surface area contributed by atoms with E-state index in [1.807, 2.05) is 28.0 Å². The average Bonchev–Trinajstić information content (AvgIpc) is 2.54. The molecule has 21 heavy (non-hydrogen) atoms. The number of hydrogen-bond donors (Lipinski definition) is 1. The number of aliphatic hydroxyl groups excluding tert-OH is 1. The molecule has 0 radical (unpaired) electrons. The number of hydrogen-bond acceptors (Lipinski definition) is 4. The van der Waals surface area contributed by atoms with Gasteiger partial charge in [-0.1, -0.05) is 30.3 Å². The Morgan fingerprint density at radius 1 is 1.19 bits per heavy atom. The van der Waals surface area contributed by atoms with Crippen LogP contribution < -0.4 is 0 Å². The topological polar surface area (TPSA) is 53.0 Å². The molecule has 1 aliphatic heterocycles. The third kappa shape index (κ3) is 5.46. The highest BCUT2D eigenvalue weighted by atomic mass is 16.5. The highest BCUT2D eigenvalue weighted by Crippen LogP contribution is 2.03. The summed E-state index contributed by atoms with van der Waals surface area (Å²) in [7, 11) is 0. The van der Waals surface area contributed by atoms with Gasteiger partial charge in [0, 0.05) is 26.2 Å². The van der Waals surface area contributed by atoms with Crippen molar-refractivity contribution in [2.45, 2.75) is 6.42 Å². The molecule has 5 nitrogen and oxygen atoms in total. The minimum Gasteiger partial charge on any atom is -0.395 e. The number of carbonyl (C=O) groups excluding carboxylic acids is 1. The molecule has 5 heteroatoms. The SMILES string of the molecule is O=C(CN(CCO)CCc1ccccc1)N1CCOCC1. The van der Waals surface area contributed by atoms with Crippen molar-refractivity contribution in [3.05, 3.63) is 35.9 Å². The lowest BCUT2D eigenvalue weighted by atomic mass is 10.1. The van der Waals surface area contributed by atoms with Crippen LogP contribution in [0.25, 0.3) is 0 Å². The molecule has 1 amide bonds. The first-order valence-electron chi connectivity index (χ1n) is 7.52. The Balaban J connectivity index is 1.81. The number of benzene rings is 1. The van der Waals surface area contributed by atoms with Crippen LogP contribution in [0.1, 0.15) is 5.56 Å². The van der Waals surface area contributed by atoms with Gasteiger partial charge in [0.25, 0.3) is 0 Å². The molecule has 1 N–H and O–H groups in total. The van der Waals surface area contributed by atoms with E-state index < -0.39 is 0 Å². The fourth-order valence-electron chi connectivity index (χ4n) is 2.45. The van der Waals surface area contributed by atoms with Gasteiger partial charge in [0.15, 0.2) is 0 Å². The fourth-order valence-corrected chi connectivity index (χ4v) is 2.45. The Hall–Kier alpha value is -1.43. The lowest BCUT2D eigenvalue weighted by Gasteiger charge is -2.29. The number of nitrogens with zero attached hydrogens (tertiary/aromatic N) is 2. The summed E-state index contributed by atoms with van der Waals surface area (Å²) in [6.45, 7) is 4.34. The largest absolute Gasteiger partial charge is 0.395 e. The molecule has 0 unspecified atom stereocenters. The van der Waals surface area contributed by atoms with E-state index >= 15 is 0 Å². The minimum absolute atomic E-state index is 0.0746. The van der Waals surface area contributed by atoms with Gasteiger partial charge in [0.1, 0.15) is 0 Å². The second-order valence-electron chi connectivity index (χ2n) is 5.23. The van der Waals surface area contributed by atoms with Crippen molar-refractivity contribution in [1.82, 2.24) is 9.80 Å². The van der Waals surface area contributed by atoms with Crippen LogP contribution in [-0.4, -0.2) is 73.4 Å².